The van der Waals surface area contributed by atoms with E-state index in [1.807, 2.05) is 0 Å². The second kappa shape index (κ2) is 6.24. The van der Waals surface area contributed by atoms with Gasteiger partial charge in [0, 0.05) is 12.6 Å². The average Bonchev–Trinajstić information content (AvgIpc) is 2.43. The molecule has 1 aliphatic heterocycles. The molecule has 2 amide bonds. The van der Waals surface area contributed by atoms with Gasteiger partial charge in [-0.3, -0.25) is 0 Å². The van der Waals surface area contributed by atoms with Crippen molar-refractivity contribution in [2.45, 2.75) is 70.9 Å². The second-order valence-electron chi connectivity index (χ2n) is 7.10. The first-order valence-corrected chi connectivity index (χ1v) is 8.16. The molecule has 2 rings (SSSR count). The van der Waals surface area contributed by atoms with Crippen LogP contribution in [0.2, 0.25) is 0 Å². The molecular weight excluding hydrogens is 268 g/mol. The molecule has 120 valence electrons. The van der Waals surface area contributed by atoms with Crippen LogP contribution in [0.25, 0.3) is 0 Å². The molecule has 0 aromatic rings. The molecule has 1 saturated carbocycles. The lowest BCUT2D eigenvalue weighted by Crippen LogP contribution is -2.61. The summed E-state index contributed by atoms with van der Waals surface area (Å²) < 4.78 is 0. The van der Waals surface area contributed by atoms with Gasteiger partial charge in [0.05, 0.1) is 0 Å². The molecule has 1 aliphatic carbocycles. The fraction of sp³-hybridized carbons (Fsp3) is 0.875. The number of urea groups is 1. The van der Waals surface area contributed by atoms with Gasteiger partial charge in [-0.15, -0.1) is 0 Å². The van der Waals surface area contributed by atoms with Gasteiger partial charge in [0.25, 0.3) is 0 Å². The number of amides is 2. The zero-order valence-corrected chi connectivity index (χ0v) is 13.4. The highest BCUT2D eigenvalue weighted by molar-refractivity contribution is 5.86. The number of hydrogen-bond donors (Lipinski definition) is 2. The Morgan fingerprint density at radius 1 is 1.19 bits per heavy atom. The van der Waals surface area contributed by atoms with E-state index in [1.165, 1.54) is 4.90 Å². The second-order valence-corrected chi connectivity index (χ2v) is 7.10. The van der Waals surface area contributed by atoms with Gasteiger partial charge in [0.15, 0.2) is 0 Å². The molecule has 4 atom stereocenters. The van der Waals surface area contributed by atoms with E-state index in [4.69, 9.17) is 0 Å². The van der Waals surface area contributed by atoms with Crippen LogP contribution in [0.15, 0.2) is 0 Å². The molecule has 4 unspecified atom stereocenters. The summed E-state index contributed by atoms with van der Waals surface area (Å²) in [5.74, 6) is 0.414. The van der Waals surface area contributed by atoms with Gasteiger partial charge < -0.3 is 15.3 Å². The highest BCUT2D eigenvalue weighted by Gasteiger charge is 2.44. The lowest BCUT2D eigenvalue weighted by Gasteiger charge is -2.42. The van der Waals surface area contributed by atoms with Crippen molar-refractivity contribution < 1.29 is 14.7 Å². The van der Waals surface area contributed by atoms with E-state index >= 15 is 0 Å². The normalized spacial score (nSPS) is 37.1. The molecule has 5 nitrogen and oxygen atoms in total. The van der Waals surface area contributed by atoms with Crippen molar-refractivity contribution in [1.29, 1.82) is 0 Å². The summed E-state index contributed by atoms with van der Waals surface area (Å²) in [6, 6.07) is -0.0185. The largest absolute Gasteiger partial charge is 0.480 e. The third-order valence-corrected chi connectivity index (χ3v) is 5.52. The molecule has 0 radical (unpaired) electrons. The Kier molecular flexibility index (Phi) is 4.79. The van der Waals surface area contributed by atoms with Crippen molar-refractivity contribution >= 4 is 12.0 Å². The van der Waals surface area contributed by atoms with Crippen LogP contribution in [0.3, 0.4) is 0 Å². The minimum Gasteiger partial charge on any atom is -0.480 e. The molecular formula is C16H28N2O3. The van der Waals surface area contributed by atoms with E-state index in [-0.39, 0.29) is 12.1 Å². The number of carboxylic acids is 1. The fourth-order valence-electron chi connectivity index (χ4n) is 3.60. The Hall–Kier alpha value is -1.26. The van der Waals surface area contributed by atoms with Crippen molar-refractivity contribution in [2.75, 3.05) is 6.54 Å². The van der Waals surface area contributed by atoms with Crippen molar-refractivity contribution in [3.05, 3.63) is 0 Å². The summed E-state index contributed by atoms with van der Waals surface area (Å²) in [4.78, 5) is 25.6. The van der Waals surface area contributed by atoms with E-state index in [0.717, 1.165) is 32.1 Å². The maximum Gasteiger partial charge on any atom is 0.329 e. The Bertz CT molecular complexity index is 412. The number of nitrogens with zero attached hydrogens (tertiary/aromatic N) is 1. The smallest absolute Gasteiger partial charge is 0.329 e. The Morgan fingerprint density at radius 3 is 2.52 bits per heavy atom. The predicted octanol–water partition coefficient (Wildman–Crippen LogP) is 2.85. The number of piperidine rings is 1. The predicted molar refractivity (Wildman–Crippen MR) is 81.1 cm³/mol. The first kappa shape index (κ1) is 16.1. The lowest BCUT2D eigenvalue weighted by molar-refractivity contribution is -0.150. The Balaban J connectivity index is 2.00. The molecule has 2 aliphatic rings. The van der Waals surface area contributed by atoms with E-state index in [1.54, 1.807) is 6.92 Å². The molecule has 1 saturated heterocycles. The van der Waals surface area contributed by atoms with Crippen LogP contribution in [0.4, 0.5) is 4.79 Å². The molecule has 0 aromatic carbocycles. The van der Waals surface area contributed by atoms with Crippen molar-refractivity contribution in [1.82, 2.24) is 10.2 Å². The Labute approximate surface area is 127 Å². The summed E-state index contributed by atoms with van der Waals surface area (Å²) in [6.45, 7) is 6.69. The average molecular weight is 296 g/mol. The van der Waals surface area contributed by atoms with Crippen LogP contribution >= 0.6 is 0 Å². The van der Waals surface area contributed by atoms with E-state index in [9.17, 15) is 14.7 Å². The van der Waals surface area contributed by atoms with Gasteiger partial charge in [-0.05, 0) is 57.3 Å². The minimum atomic E-state index is -1.06. The standard InChI is InChI=1S/C16H28N2O3/c1-11-6-7-13(10-12(11)2)17-15(21)18-9-5-4-8-16(18,3)14(19)20/h11-13H,4-10H2,1-3H3,(H,17,21)(H,19,20). The monoisotopic (exact) mass is 296 g/mol. The number of carbonyl (C=O) groups excluding carboxylic acids is 1. The summed E-state index contributed by atoms with van der Waals surface area (Å²) in [5, 5.41) is 12.6. The van der Waals surface area contributed by atoms with Crippen LogP contribution in [-0.2, 0) is 4.79 Å². The van der Waals surface area contributed by atoms with Gasteiger partial charge >= 0.3 is 12.0 Å². The van der Waals surface area contributed by atoms with Crippen molar-refractivity contribution in [3.8, 4) is 0 Å². The van der Waals surface area contributed by atoms with Gasteiger partial charge in [-0.25, -0.2) is 9.59 Å². The van der Waals surface area contributed by atoms with Gasteiger partial charge in [-0.1, -0.05) is 13.8 Å². The van der Waals surface area contributed by atoms with Gasteiger partial charge in [0.1, 0.15) is 5.54 Å². The summed E-state index contributed by atoms with van der Waals surface area (Å²) in [5.41, 5.74) is -1.06. The van der Waals surface area contributed by atoms with Crippen LogP contribution in [-0.4, -0.2) is 40.1 Å². The molecule has 21 heavy (non-hydrogen) atoms. The fourth-order valence-corrected chi connectivity index (χ4v) is 3.60. The number of nitrogens with one attached hydrogen (secondary N) is 1. The van der Waals surface area contributed by atoms with Crippen molar-refractivity contribution in [2.24, 2.45) is 11.8 Å². The molecule has 1 heterocycles. The maximum absolute atomic E-state index is 12.5. The van der Waals surface area contributed by atoms with Crippen LogP contribution in [0.1, 0.15) is 59.3 Å². The highest BCUT2D eigenvalue weighted by Crippen LogP contribution is 2.31. The Morgan fingerprint density at radius 2 is 1.90 bits per heavy atom. The third-order valence-electron chi connectivity index (χ3n) is 5.52. The number of rotatable bonds is 2. The zero-order valence-electron chi connectivity index (χ0n) is 13.4. The first-order valence-electron chi connectivity index (χ1n) is 8.16. The SMILES string of the molecule is CC1CCC(NC(=O)N2CCCCC2(C)C(=O)O)CC1C. The third kappa shape index (κ3) is 3.33. The van der Waals surface area contributed by atoms with E-state index in [0.29, 0.717) is 24.8 Å². The summed E-state index contributed by atoms with van der Waals surface area (Å²) >= 11 is 0. The van der Waals surface area contributed by atoms with Crippen molar-refractivity contribution in [3.63, 3.8) is 0 Å². The summed E-state index contributed by atoms with van der Waals surface area (Å²) in [6.07, 6.45) is 5.40. The number of carbonyl (C=O) groups is 2. The van der Waals surface area contributed by atoms with Crippen LogP contribution in [0, 0.1) is 11.8 Å². The zero-order chi connectivity index (χ0) is 15.6. The first-order chi connectivity index (χ1) is 9.84. The molecule has 0 aromatic heterocycles. The molecule has 2 fully saturated rings. The molecule has 2 N–H and O–H groups in total. The highest BCUT2D eigenvalue weighted by atomic mass is 16.4. The number of carboxylic acid groups (broad SMARTS) is 1. The number of hydrogen-bond acceptors (Lipinski definition) is 2. The molecule has 0 spiro atoms. The van der Waals surface area contributed by atoms with Gasteiger partial charge in [0.2, 0.25) is 0 Å². The van der Waals surface area contributed by atoms with E-state index < -0.39 is 11.5 Å². The quantitative estimate of drug-likeness (QED) is 0.823. The maximum atomic E-state index is 12.5. The lowest BCUT2D eigenvalue weighted by atomic mass is 9.79. The summed E-state index contributed by atoms with van der Waals surface area (Å²) in [7, 11) is 0. The molecule has 5 heteroatoms. The molecule has 0 bridgehead atoms. The van der Waals surface area contributed by atoms with Crippen LogP contribution in [0.5, 0.6) is 0 Å². The number of aliphatic carboxylic acids is 1. The minimum absolute atomic E-state index is 0.184. The topological polar surface area (TPSA) is 69.6 Å². The van der Waals surface area contributed by atoms with Crippen LogP contribution < -0.4 is 5.32 Å². The van der Waals surface area contributed by atoms with Gasteiger partial charge in [-0.2, -0.15) is 0 Å². The van der Waals surface area contributed by atoms with E-state index in [2.05, 4.69) is 19.2 Å². The number of likely N-dealkylation sites (tertiary alicyclic amines) is 1.